The van der Waals surface area contributed by atoms with Crippen LogP contribution in [-0.2, 0) is 4.74 Å². The van der Waals surface area contributed by atoms with Gasteiger partial charge in [0.05, 0.1) is 35.4 Å². The fourth-order valence-electron chi connectivity index (χ4n) is 3.79. The lowest BCUT2D eigenvalue weighted by molar-refractivity contribution is -0.0173. The van der Waals surface area contributed by atoms with E-state index in [0.29, 0.717) is 23.4 Å². The first-order chi connectivity index (χ1) is 13.5. The molecule has 1 aliphatic carbocycles. The van der Waals surface area contributed by atoms with Gasteiger partial charge in [0.15, 0.2) is 5.65 Å². The van der Waals surface area contributed by atoms with Gasteiger partial charge in [-0.25, -0.2) is 15.0 Å². The highest BCUT2D eigenvalue weighted by Crippen LogP contribution is 2.36. The van der Waals surface area contributed by atoms with Crippen molar-refractivity contribution in [2.45, 2.75) is 51.9 Å². The quantitative estimate of drug-likeness (QED) is 0.625. The SMILES string of the molecule is Cc1nc2nc(Cl)cc(N3C[C@@H](C)O[C@@H](c4cnn(C5CC5)c4)C3)c2nc1C. The summed E-state index contributed by atoms with van der Waals surface area (Å²) in [6, 6.07) is 2.45. The number of anilines is 1. The average molecular weight is 399 g/mol. The van der Waals surface area contributed by atoms with Gasteiger partial charge in [-0.3, -0.25) is 4.68 Å². The van der Waals surface area contributed by atoms with Crippen LogP contribution in [0.4, 0.5) is 5.69 Å². The molecule has 0 amide bonds. The number of rotatable bonds is 3. The maximum Gasteiger partial charge on any atom is 0.182 e. The Morgan fingerprint density at radius 3 is 2.68 bits per heavy atom. The van der Waals surface area contributed by atoms with E-state index < -0.39 is 0 Å². The molecule has 0 radical (unpaired) electrons. The zero-order chi connectivity index (χ0) is 19.4. The molecule has 1 saturated heterocycles. The summed E-state index contributed by atoms with van der Waals surface area (Å²) in [5.41, 5.74) is 5.22. The van der Waals surface area contributed by atoms with Gasteiger partial charge in [-0.15, -0.1) is 0 Å². The highest BCUT2D eigenvalue weighted by Gasteiger charge is 2.31. The van der Waals surface area contributed by atoms with Gasteiger partial charge in [0, 0.05) is 30.9 Å². The Labute approximate surface area is 168 Å². The molecule has 1 aliphatic heterocycles. The van der Waals surface area contributed by atoms with E-state index in [2.05, 4.69) is 37.8 Å². The number of hydrogen-bond acceptors (Lipinski definition) is 6. The Morgan fingerprint density at radius 2 is 1.89 bits per heavy atom. The second kappa shape index (κ2) is 6.67. The van der Waals surface area contributed by atoms with Crippen molar-refractivity contribution in [3.05, 3.63) is 40.6 Å². The summed E-state index contributed by atoms with van der Waals surface area (Å²) >= 11 is 6.32. The third kappa shape index (κ3) is 3.22. The van der Waals surface area contributed by atoms with Crippen molar-refractivity contribution in [2.75, 3.05) is 18.0 Å². The molecular formula is C20H23ClN6O. The van der Waals surface area contributed by atoms with Crippen LogP contribution in [0.3, 0.4) is 0 Å². The normalized spacial score (nSPS) is 22.8. The highest BCUT2D eigenvalue weighted by molar-refractivity contribution is 6.30. The van der Waals surface area contributed by atoms with Crippen molar-refractivity contribution in [2.24, 2.45) is 0 Å². The van der Waals surface area contributed by atoms with Crippen LogP contribution < -0.4 is 4.90 Å². The Balaban J connectivity index is 1.51. The summed E-state index contributed by atoms with van der Waals surface area (Å²) in [6.45, 7) is 7.48. The maximum atomic E-state index is 6.32. The van der Waals surface area contributed by atoms with E-state index in [1.54, 1.807) is 0 Å². The first-order valence-corrected chi connectivity index (χ1v) is 10.1. The molecule has 8 heteroatoms. The zero-order valence-corrected chi connectivity index (χ0v) is 17.0. The number of halogens is 1. The molecule has 0 unspecified atom stereocenters. The first-order valence-electron chi connectivity index (χ1n) is 9.74. The molecule has 4 heterocycles. The van der Waals surface area contributed by atoms with Crippen molar-refractivity contribution in [1.82, 2.24) is 24.7 Å². The summed E-state index contributed by atoms with van der Waals surface area (Å²) in [6.07, 6.45) is 6.53. The molecule has 2 aliphatic rings. The van der Waals surface area contributed by atoms with Gasteiger partial charge in [-0.2, -0.15) is 5.10 Å². The Morgan fingerprint density at radius 1 is 1.11 bits per heavy atom. The Hall–Kier alpha value is -2.25. The van der Waals surface area contributed by atoms with Gasteiger partial charge < -0.3 is 9.64 Å². The molecule has 146 valence electrons. The van der Waals surface area contributed by atoms with E-state index >= 15 is 0 Å². The van der Waals surface area contributed by atoms with Crippen LogP contribution in [0.5, 0.6) is 0 Å². The van der Waals surface area contributed by atoms with E-state index in [9.17, 15) is 0 Å². The van der Waals surface area contributed by atoms with Gasteiger partial charge in [-0.1, -0.05) is 11.6 Å². The molecule has 7 nitrogen and oxygen atoms in total. The molecule has 2 atom stereocenters. The third-order valence-electron chi connectivity index (χ3n) is 5.51. The molecule has 0 bridgehead atoms. The van der Waals surface area contributed by atoms with Crippen LogP contribution in [0.25, 0.3) is 11.2 Å². The van der Waals surface area contributed by atoms with Crippen molar-refractivity contribution in [1.29, 1.82) is 0 Å². The topological polar surface area (TPSA) is 69.0 Å². The minimum atomic E-state index is -0.0438. The first kappa shape index (κ1) is 17.8. The van der Waals surface area contributed by atoms with Crippen LogP contribution in [0.15, 0.2) is 18.5 Å². The fraction of sp³-hybridized carbons (Fsp3) is 0.500. The summed E-state index contributed by atoms with van der Waals surface area (Å²) in [5, 5.41) is 4.95. The lowest BCUT2D eigenvalue weighted by Crippen LogP contribution is -2.43. The number of aromatic nitrogens is 5. The van der Waals surface area contributed by atoms with Crippen LogP contribution in [0.2, 0.25) is 5.15 Å². The third-order valence-corrected chi connectivity index (χ3v) is 5.71. The van der Waals surface area contributed by atoms with Gasteiger partial charge in [0.25, 0.3) is 0 Å². The van der Waals surface area contributed by atoms with Crippen LogP contribution >= 0.6 is 11.6 Å². The van der Waals surface area contributed by atoms with Crippen LogP contribution in [0, 0.1) is 13.8 Å². The van der Waals surface area contributed by atoms with Crippen LogP contribution in [-0.4, -0.2) is 43.9 Å². The van der Waals surface area contributed by atoms with Crippen molar-refractivity contribution in [3.63, 3.8) is 0 Å². The summed E-state index contributed by atoms with van der Waals surface area (Å²) in [4.78, 5) is 16.0. The molecular weight excluding hydrogens is 376 g/mol. The molecule has 0 N–H and O–H groups in total. The molecule has 2 fully saturated rings. The highest BCUT2D eigenvalue weighted by atomic mass is 35.5. The molecule has 1 saturated carbocycles. The minimum absolute atomic E-state index is 0.0438. The van der Waals surface area contributed by atoms with Crippen molar-refractivity contribution >= 4 is 28.5 Å². The Kier molecular flexibility index (Phi) is 4.25. The second-order valence-electron chi connectivity index (χ2n) is 7.86. The monoisotopic (exact) mass is 398 g/mol. The van der Waals surface area contributed by atoms with Gasteiger partial charge in [0.2, 0.25) is 0 Å². The molecule has 28 heavy (non-hydrogen) atoms. The minimum Gasteiger partial charge on any atom is -0.367 e. The van der Waals surface area contributed by atoms with Gasteiger partial charge in [-0.05, 0) is 33.6 Å². The summed E-state index contributed by atoms with van der Waals surface area (Å²) < 4.78 is 8.31. The Bertz CT molecular complexity index is 1050. The lowest BCUT2D eigenvalue weighted by atomic mass is 10.1. The zero-order valence-electron chi connectivity index (χ0n) is 16.3. The number of pyridine rings is 1. The van der Waals surface area contributed by atoms with Crippen molar-refractivity contribution in [3.8, 4) is 0 Å². The van der Waals surface area contributed by atoms with E-state index in [1.807, 2.05) is 26.1 Å². The summed E-state index contributed by atoms with van der Waals surface area (Å²) in [7, 11) is 0. The van der Waals surface area contributed by atoms with E-state index in [-0.39, 0.29) is 12.2 Å². The number of ether oxygens (including phenoxy) is 1. The lowest BCUT2D eigenvalue weighted by Gasteiger charge is -2.38. The van der Waals surface area contributed by atoms with Gasteiger partial charge in [0.1, 0.15) is 16.8 Å². The van der Waals surface area contributed by atoms with E-state index in [0.717, 1.165) is 34.7 Å². The van der Waals surface area contributed by atoms with Crippen molar-refractivity contribution < 1.29 is 4.74 Å². The van der Waals surface area contributed by atoms with E-state index in [4.69, 9.17) is 21.3 Å². The average Bonchev–Trinajstić information content (AvgIpc) is 3.39. The van der Waals surface area contributed by atoms with E-state index in [1.165, 1.54) is 12.8 Å². The molecule has 0 spiro atoms. The molecule has 5 rings (SSSR count). The standard InChI is InChI=1S/C20H23ClN6O/c1-11-8-26(10-17(28-11)14-7-22-27(9-14)15-4-5-15)16-6-18(21)25-20-19(16)23-12(2)13(3)24-20/h6-7,9,11,15,17H,4-5,8,10H2,1-3H3/t11-,17-/m1/s1. The fourth-order valence-corrected chi connectivity index (χ4v) is 3.97. The number of hydrogen-bond donors (Lipinski definition) is 0. The number of morpholine rings is 1. The summed E-state index contributed by atoms with van der Waals surface area (Å²) in [5.74, 6) is 0. The number of aryl methyl sites for hydroxylation is 2. The second-order valence-corrected chi connectivity index (χ2v) is 8.24. The molecule has 3 aromatic heterocycles. The number of nitrogens with zero attached hydrogens (tertiary/aromatic N) is 6. The molecule has 3 aromatic rings. The predicted octanol–water partition coefficient (Wildman–Crippen LogP) is 3.79. The number of fused-ring (bicyclic) bond motifs is 1. The van der Waals surface area contributed by atoms with Gasteiger partial charge >= 0.3 is 0 Å². The largest absolute Gasteiger partial charge is 0.367 e. The smallest absolute Gasteiger partial charge is 0.182 e. The van der Waals surface area contributed by atoms with Crippen LogP contribution in [0.1, 0.15) is 48.9 Å². The molecule has 0 aromatic carbocycles. The maximum absolute atomic E-state index is 6.32. The predicted molar refractivity (Wildman–Crippen MR) is 108 cm³/mol.